The first-order valence-corrected chi connectivity index (χ1v) is 7.72. The van der Waals surface area contributed by atoms with Gasteiger partial charge in [0.1, 0.15) is 23.1 Å². The average molecular weight is 348 g/mol. The van der Waals surface area contributed by atoms with E-state index in [0.717, 1.165) is 0 Å². The molecule has 0 saturated heterocycles. The number of carbonyl (C=O) groups is 1. The van der Waals surface area contributed by atoms with Crippen molar-refractivity contribution in [1.29, 1.82) is 10.7 Å². The fraction of sp³-hybridized carbons (Fsp3) is 0.167. The van der Waals surface area contributed by atoms with Gasteiger partial charge in [0.25, 0.3) is 0 Å². The molecule has 0 saturated carbocycles. The average Bonchev–Trinajstić information content (AvgIpc) is 2.62. The number of nitrogens with zero attached hydrogens (tertiary/aromatic N) is 4. The highest BCUT2D eigenvalue weighted by Gasteiger charge is 2.25. The first-order chi connectivity index (χ1) is 12.4. The summed E-state index contributed by atoms with van der Waals surface area (Å²) in [6.45, 7) is 3.11. The summed E-state index contributed by atoms with van der Waals surface area (Å²) in [5, 5.41) is 21.7. The number of pyridine rings is 1. The van der Waals surface area contributed by atoms with Gasteiger partial charge in [-0.25, -0.2) is 9.67 Å². The lowest BCUT2D eigenvalue weighted by atomic mass is 10.0. The third kappa shape index (κ3) is 2.56. The van der Waals surface area contributed by atoms with Crippen molar-refractivity contribution in [2.75, 3.05) is 12.8 Å². The molecule has 8 nitrogen and oxygen atoms in total. The highest BCUT2D eigenvalue weighted by atomic mass is 16.5. The number of benzene rings is 1. The van der Waals surface area contributed by atoms with Gasteiger partial charge < -0.3 is 10.5 Å². The van der Waals surface area contributed by atoms with E-state index < -0.39 is 0 Å². The third-order valence-electron chi connectivity index (χ3n) is 4.11. The Morgan fingerprint density at radius 3 is 2.54 bits per heavy atom. The number of rotatable bonds is 3. The number of fused-ring (bicyclic) bond motifs is 1. The Hall–Kier alpha value is -3.73. The summed E-state index contributed by atoms with van der Waals surface area (Å²) in [6.07, 6.45) is 0. The van der Waals surface area contributed by atoms with Crippen molar-refractivity contribution in [1.82, 2.24) is 14.8 Å². The van der Waals surface area contributed by atoms with E-state index in [9.17, 15) is 10.1 Å². The summed E-state index contributed by atoms with van der Waals surface area (Å²) < 4.78 is 6.61. The van der Waals surface area contributed by atoms with Crippen molar-refractivity contribution in [2.45, 2.75) is 13.8 Å². The quantitative estimate of drug-likeness (QED) is 0.694. The SMILES string of the molecule is COc1ccc(-n2nc(C(C)=O)c(C)c3c(N)c(C#N)c(=N)nc2-3)cc1. The number of nitrogens with one attached hydrogen (secondary N) is 1. The number of methoxy groups -OCH3 is 1. The van der Waals surface area contributed by atoms with Crippen molar-refractivity contribution >= 4 is 11.5 Å². The van der Waals surface area contributed by atoms with Gasteiger partial charge in [-0.1, -0.05) is 0 Å². The standard InChI is InChI=1S/C18H16N6O2/c1-9-14-15(20)13(8-19)17(21)22-18(14)24(23-16(9)10(2)25)11-4-6-12(26-3)7-5-11/h4-7,21H,20H2,1-3H3. The summed E-state index contributed by atoms with van der Waals surface area (Å²) in [4.78, 5) is 16.3. The molecule has 3 rings (SSSR count). The van der Waals surface area contributed by atoms with Crippen LogP contribution in [0.15, 0.2) is 24.3 Å². The van der Waals surface area contributed by atoms with Gasteiger partial charge in [0, 0.05) is 12.5 Å². The fourth-order valence-corrected chi connectivity index (χ4v) is 2.81. The second kappa shape index (κ2) is 6.29. The van der Waals surface area contributed by atoms with Crippen LogP contribution in [-0.4, -0.2) is 27.7 Å². The Morgan fingerprint density at radius 1 is 1.35 bits per heavy atom. The molecular weight excluding hydrogens is 332 g/mol. The molecule has 0 bridgehead atoms. The van der Waals surface area contributed by atoms with Crippen LogP contribution < -0.4 is 16.0 Å². The number of nitriles is 1. The van der Waals surface area contributed by atoms with Crippen LogP contribution in [0.25, 0.3) is 17.1 Å². The number of Topliss-reactive ketones (excluding diaryl/α,β-unsaturated/α-hetero) is 1. The first kappa shape index (κ1) is 17.1. The summed E-state index contributed by atoms with van der Waals surface area (Å²) in [7, 11) is 1.56. The molecule has 0 spiro atoms. The number of nitrogens with two attached hydrogens (primary N) is 1. The maximum atomic E-state index is 12.1. The molecule has 0 fully saturated rings. The van der Waals surface area contributed by atoms with E-state index >= 15 is 0 Å². The maximum Gasteiger partial charge on any atom is 0.180 e. The zero-order valence-corrected chi connectivity index (χ0v) is 14.5. The normalized spacial score (nSPS) is 10.5. The van der Waals surface area contributed by atoms with Crippen molar-refractivity contribution in [3.8, 4) is 28.9 Å². The van der Waals surface area contributed by atoms with Gasteiger partial charge in [0.05, 0.1) is 18.5 Å². The number of hydrogen-bond donors (Lipinski definition) is 2. The minimum absolute atomic E-state index is 0.0254. The molecule has 0 aliphatic carbocycles. The molecule has 2 heterocycles. The van der Waals surface area contributed by atoms with Gasteiger partial charge in [-0.3, -0.25) is 10.2 Å². The predicted octanol–water partition coefficient (Wildman–Crippen LogP) is 1.83. The minimum Gasteiger partial charge on any atom is -0.497 e. The Morgan fingerprint density at radius 2 is 2.00 bits per heavy atom. The molecule has 0 amide bonds. The van der Waals surface area contributed by atoms with Crippen molar-refractivity contribution < 1.29 is 9.53 Å². The van der Waals surface area contributed by atoms with Crippen LogP contribution in [0.1, 0.15) is 28.5 Å². The molecule has 0 atom stereocenters. The largest absolute Gasteiger partial charge is 0.497 e. The lowest BCUT2D eigenvalue weighted by Gasteiger charge is -2.20. The van der Waals surface area contributed by atoms with E-state index in [-0.39, 0.29) is 28.2 Å². The van der Waals surface area contributed by atoms with Gasteiger partial charge in [0.15, 0.2) is 17.1 Å². The van der Waals surface area contributed by atoms with Crippen molar-refractivity contribution in [3.63, 3.8) is 0 Å². The van der Waals surface area contributed by atoms with Crippen LogP contribution in [0.2, 0.25) is 0 Å². The number of carbonyl (C=O) groups excluding carboxylic acids is 1. The molecule has 1 aromatic rings. The van der Waals surface area contributed by atoms with E-state index in [2.05, 4.69) is 10.1 Å². The summed E-state index contributed by atoms with van der Waals surface area (Å²) in [6, 6.07) is 8.90. The molecule has 1 aromatic carbocycles. The topological polar surface area (TPSA) is 131 Å². The van der Waals surface area contributed by atoms with Crippen LogP contribution in [-0.2, 0) is 0 Å². The summed E-state index contributed by atoms with van der Waals surface area (Å²) in [5.74, 6) is 0.733. The molecule has 8 heteroatoms. The van der Waals surface area contributed by atoms with Crippen LogP contribution >= 0.6 is 0 Å². The number of aromatic nitrogens is 3. The van der Waals surface area contributed by atoms with Crippen LogP contribution in [0.4, 0.5) is 5.69 Å². The summed E-state index contributed by atoms with van der Waals surface area (Å²) >= 11 is 0. The van der Waals surface area contributed by atoms with Crippen molar-refractivity contribution in [2.24, 2.45) is 0 Å². The lowest BCUT2D eigenvalue weighted by Crippen LogP contribution is -2.23. The number of ether oxygens (including phenoxy) is 1. The Kier molecular flexibility index (Phi) is 4.14. The first-order valence-electron chi connectivity index (χ1n) is 7.72. The van der Waals surface area contributed by atoms with Crippen LogP contribution in [0.3, 0.4) is 0 Å². The van der Waals surface area contributed by atoms with Gasteiger partial charge in [0.2, 0.25) is 0 Å². The van der Waals surface area contributed by atoms with Gasteiger partial charge in [-0.15, -0.1) is 0 Å². The van der Waals surface area contributed by atoms with E-state index in [4.69, 9.17) is 15.9 Å². The van der Waals surface area contributed by atoms with E-state index in [1.54, 1.807) is 38.3 Å². The van der Waals surface area contributed by atoms with Crippen molar-refractivity contribution in [3.05, 3.63) is 46.6 Å². The Bertz CT molecular complexity index is 1090. The fourth-order valence-electron chi connectivity index (χ4n) is 2.81. The molecule has 2 aliphatic heterocycles. The monoisotopic (exact) mass is 348 g/mol. The molecule has 0 aromatic heterocycles. The van der Waals surface area contributed by atoms with E-state index in [1.165, 1.54) is 11.6 Å². The zero-order valence-electron chi connectivity index (χ0n) is 14.5. The van der Waals surface area contributed by atoms with E-state index in [0.29, 0.717) is 28.4 Å². The van der Waals surface area contributed by atoms with Gasteiger partial charge in [-0.2, -0.15) is 10.4 Å². The molecule has 0 unspecified atom stereocenters. The molecule has 2 aliphatic rings. The molecule has 3 N–H and O–H groups in total. The Balaban J connectivity index is 2.45. The second-order valence-electron chi connectivity index (χ2n) is 5.70. The van der Waals surface area contributed by atoms with Gasteiger partial charge in [-0.05, 0) is 36.8 Å². The third-order valence-corrected chi connectivity index (χ3v) is 4.11. The number of hydrogen-bond acceptors (Lipinski definition) is 7. The smallest absolute Gasteiger partial charge is 0.180 e. The van der Waals surface area contributed by atoms with E-state index in [1.807, 2.05) is 6.07 Å². The number of ketones is 1. The maximum absolute atomic E-state index is 12.1. The number of nitrogen functional groups attached to an aromatic ring is 1. The second-order valence-corrected chi connectivity index (χ2v) is 5.70. The predicted molar refractivity (Wildman–Crippen MR) is 94.3 cm³/mol. The number of anilines is 1. The summed E-state index contributed by atoms with van der Waals surface area (Å²) in [5.41, 5.74) is 7.80. The van der Waals surface area contributed by atoms with Crippen LogP contribution in [0.5, 0.6) is 5.75 Å². The molecule has 130 valence electrons. The highest BCUT2D eigenvalue weighted by molar-refractivity contribution is 5.96. The lowest BCUT2D eigenvalue weighted by molar-refractivity contribution is 0.101. The van der Waals surface area contributed by atoms with Crippen LogP contribution in [0, 0.1) is 23.7 Å². The van der Waals surface area contributed by atoms with Gasteiger partial charge >= 0.3 is 0 Å². The zero-order chi connectivity index (χ0) is 19.0. The minimum atomic E-state index is -0.239. The Labute approximate surface area is 149 Å². The highest BCUT2D eigenvalue weighted by Crippen LogP contribution is 2.33. The molecular formula is C18H16N6O2. The molecule has 26 heavy (non-hydrogen) atoms. The molecule has 0 radical (unpaired) electrons.